The van der Waals surface area contributed by atoms with Crippen LogP contribution in [0.2, 0.25) is 0 Å². The van der Waals surface area contributed by atoms with Crippen LogP contribution in [0.25, 0.3) is 0 Å². The third kappa shape index (κ3) is 14.0. The number of carbonyl (C=O) groups is 1. The monoisotopic (exact) mass is 531 g/mol. The van der Waals surface area contributed by atoms with E-state index in [4.69, 9.17) is 9.47 Å². The minimum Gasteiger partial charge on any atom is -0.394 e. The molecule has 0 radical (unpaired) electrons. The highest BCUT2D eigenvalue weighted by atomic mass is 16.7. The fourth-order valence-electron chi connectivity index (χ4n) is 4.39. The van der Waals surface area contributed by atoms with Crippen LogP contribution in [-0.4, -0.2) is 87.5 Å². The number of amides is 1. The van der Waals surface area contributed by atoms with E-state index in [9.17, 15) is 30.3 Å². The highest BCUT2D eigenvalue weighted by molar-refractivity contribution is 5.76. The summed E-state index contributed by atoms with van der Waals surface area (Å²) in [5.74, 6) is -0.169. The zero-order valence-electron chi connectivity index (χ0n) is 23.0. The smallest absolute Gasteiger partial charge is 0.220 e. The van der Waals surface area contributed by atoms with Crippen LogP contribution >= 0.6 is 0 Å². The van der Waals surface area contributed by atoms with Crippen molar-refractivity contribution in [3.05, 3.63) is 12.2 Å². The summed E-state index contributed by atoms with van der Waals surface area (Å²) >= 11 is 0. The lowest BCUT2D eigenvalue weighted by atomic mass is 9.99. The highest BCUT2D eigenvalue weighted by Gasteiger charge is 2.44. The molecule has 1 aliphatic heterocycles. The largest absolute Gasteiger partial charge is 0.394 e. The van der Waals surface area contributed by atoms with E-state index in [1.807, 2.05) is 0 Å². The minimum absolute atomic E-state index is 0.144. The van der Waals surface area contributed by atoms with Crippen molar-refractivity contribution in [2.75, 3.05) is 13.2 Å². The minimum atomic E-state index is -1.55. The van der Waals surface area contributed by atoms with Gasteiger partial charge >= 0.3 is 0 Å². The Labute approximate surface area is 223 Å². The van der Waals surface area contributed by atoms with Gasteiger partial charge < -0.3 is 40.3 Å². The van der Waals surface area contributed by atoms with Crippen LogP contribution in [0.5, 0.6) is 0 Å². The lowest BCUT2D eigenvalue weighted by Crippen LogP contribution is -2.60. The molecule has 37 heavy (non-hydrogen) atoms. The van der Waals surface area contributed by atoms with E-state index in [-0.39, 0.29) is 12.5 Å². The summed E-state index contributed by atoms with van der Waals surface area (Å²) in [6, 6.07) is -0.712. The van der Waals surface area contributed by atoms with Crippen LogP contribution in [0.15, 0.2) is 12.2 Å². The van der Waals surface area contributed by atoms with Crippen molar-refractivity contribution >= 4 is 5.91 Å². The quantitative estimate of drug-likeness (QED) is 0.0978. The normalized spacial score (nSPS) is 25.9. The first-order valence-corrected chi connectivity index (χ1v) is 14.4. The average Bonchev–Trinajstić information content (AvgIpc) is 2.89. The maximum atomic E-state index is 12.6. The lowest BCUT2D eigenvalue weighted by Gasteiger charge is -2.40. The van der Waals surface area contributed by atoms with Crippen LogP contribution in [-0.2, 0) is 14.3 Å². The zero-order chi connectivity index (χ0) is 27.5. The summed E-state index contributed by atoms with van der Waals surface area (Å²) in [6.45, 7) is 3.58. The van der Waals surface area contributed by atoms with Gasteiger partial charge in [0.05, 0.1) is 25.4 Å². The topological polar surface area (TPSA) is 149 Å². The molecule has 0 aliphatic carbocycles. The van der Waals surface area contributed by atoms with Crippen molar-refractivity contribution in [1.29, 1.82) is 0 Å². The fourth-order valence-corrected chi connectivity index (χ4v) is 4.39. The first kappa shape index (κ1) is 34.0. The van der Waals surface area contributed by atoms with E-state index in [1.165, 1.54) is 6.42 Å². The number of aliphatic hydroxyl groups is 5. The van der Waals surface area contributed by atoms with Gasteiger partial charge in [0.25, 0.3) is 0 Å². The van der Waals surface area contributed by atoms with Crippen molar-refractivity contribution < 1.29 is 39.8 Å². The summed E-state index contributed by atoms with van der Waals surface area (Å²) in [5.41, 5.74) is 0. The molecule has 1 rings (SSSR count). The average molecular weight is 532 g/mol. The van der Waals surface area contributed by atoms with E-state index < -0.39 is 49.5 Å². The summed E-state index contributed by atoms with van der Waals surface area (Å²) in [4.78, 5) is 12.6. The first-order chi connectivity index (χ1) is 17.8. The van der Waals surface area contributed by atoms with Gasteiger partial charge in [-0.25, -0.2) is 0 Å². The first-order valence-electron chi connectivity index (χ1n) is 14.4. The number of rotatable bonds is 21. The number of ether oxygens (including phenoxy) is 2. The molecular weight excluding hydrogens is 478 g/mol. The molecule has 7 atom stereocenters. The van der Waals surface area contributed by atoms with Crippen molar-refractivity contribution in [1.82, 2.24) is 5.32 Å². The molecule has 0 aromatic rings. The Morgan fingerprint density at radius 3 is 2.27 bits per heavy atom. The number of allylic oxidation sites excluding steroid dienone is 2. The summed E-state index contributed by atoms with van der Waals surface area (Å²) in [5, 5.41) is 53.1. The standard InChI is InChI=1S/C28H53NO8/c1-3-5-7-9-10-11-12-13-14-16-18-24(32)29-21(22(31)17-15-8-6-4-2)20-36-28-27(35)26(34)25(33)23(19-30)37-28/h7,9,21-23,25-28,30-31,33-35H,3-6,8,10-20H2,1-2H3,(H,29,32)/b9-7-. The number of hydrogen-bond acceptors (Lipinski definition) is 8. The molecule has 1 amide bonds. The zero-order valence-corrected chi connectivity index (χ0v) is 23.0. The Hall–Kier alpha value is -1.07. The van der Waals surface area contributed by atoms with Gasteiger partial charge in [-0.05, 0) is 32.1 Å². The van der Waals surface area contributed by atoms with E-state index in [0.29, 0.717) is 12.8 Å². The molecule has 9 heteroatoms. The van der Waals surface area contributed by atoms with Gasteiger partial charge in [-0.2, -0.15) is 0 Å². The van der Waals surface area contributed by atoms with Gasteiger partial charge in [-0.3, -0.25) is 4.79 Å². The third-order valence-electron chi connectivity index (χ3n) is 6.85. The van der Waals surface area contributed by atoms with Gasteiger partial charge in [0.1, 0.15) is 24.4 Å². The molecule has 0 bridgehead atoms. The van der Waals surface area contributed by atoms with Crippen molar-refractivity contribution in [3.8, 4) is 0 Å². The number of aliphatic hydroxyl groups excluding tert-OH is 5. The van der Waals surface area contributed by atoms with E-state index in [1.54, 1.807) is 0 Å². The number of unbranched alkanes of at least 4 members (excludes halogenated alkanes) is 9. The molecule has 1 saturated heterocycles. The summed E-state index contributed by atoms with van der Waals surface area (Å²) in [7, 11) is 0. The Morgan fingerprint density at radius 2 is 1.57 bits per heavy atom. The van der Waals surface area contributed by atoms with Gasteiger partial charge in [0.15, 0.2) is 6.29 Å². The van der Waals surface area contributed by atoms with Gasteiger partial charge in [-0.15, -0.1) is 0 Å². The molecule has 0 aromatic carbocycles. The van der Waals surface area contributed by atoms with Gasteiger partial charge in [0, 0.05) is 6.42 Å². The van der Waals surface area contributed by atoms with Crippen LogP contribution in [0.4, 0.5) is 0 Å². The van der Waals surface area contributed by atoms with Crippen molar-refractivity contribution in [2.45, 2.75) is 147 Å². The molecule has 6 N–H and O–H groups in total. The van der Waals surface area contributed by atoms with E-state index >= 15 is 0 Å². The van der Waals surface area contributed by atoms with Crippen molar-refractivity contribution in [3.63, 3.8) is 0 Å². The Kier molecular flexibility index (Phi) is 19.1. The molecule has 0 saturated carbocycles. The van der Waals surface area contributed by atoms with E-state index in [0.717, 1.165) is 70.6 Å². The number of hydrogen-bond donors (Lipinski definition) is 6. The molecule has 7 unspecified atom stereocenters. The Balaban J connectivity index is 2.50. The number of nitrogens with one attached hydrogen (secondary N) is 1. The van der Waals surface area contributed by atoms with Crippen molar-refractivity contribution in [2.24, 2.45) is 0 Å². The lowest BCUT2D eigenvalue weighted by molar-refractivity contribution is -0.302. The van der Waals surface area contributed by atoms with Crippen LogP contribution in [0, 0.1) is 0 Å². The molecular formula is C28H53NO8. The SMILES string of the molecule is CCC/C=C\CCCCCCCC(=O)NC(COC1OC(CO)C(O)C(O)C1O)C(O)CCCCCC. The molecule has 1 fully saturated rings. The second kappa shape index (κ2) is 20.8. The molecule has 1 heterocycles. The Bertz CT molecular complexity index is 603. The molecule has 0 aromatic heterocycles. The Morgan fingerprint density at radius 1 is 0.892 bits per heavy atom. The maximum absolute atomic E-state index is 12.6. The molecule has 1 aliphatic rings. The number of carbonyl (C=O) groups excluding carboxylic acids is 1. The van der Waals surface area contributed by atoms with E-state index in [2.05, 4.69) is 31.3 Å². The predicted molar refractivity (Wildman–Crippen MR) is 143 cm³/mol. The van der Waals surface area contributed by atoms with Crippen LogP contribution < -0.4 is 5.32 Å². The maximum Gasteiger partial charge on any atom is 0.220 e. The van der Waals surface area contributed by atoms with Gasteiger partial charge in [0.2, 0.25) is 5.91 Å². The molecule has 218 valence electrons. The highest BCUT2D eigenvalue weighted by Crippen LogP contribution is 2.22. The van der Waals surface area contributed by atoms with Crippen LogP contribution in [0.3, 0.4) is 0 Å². The second-order valence-electron chi connectivity index (χ2n) is 10.2. The summed E-state index contributed by atoms with van der Waals surface area (Å²) < 4.78 is 11.0. The van der Waals surface area contributed by atoms with Gasteiger partial charge in [-0.1, -0.05) is 77.4 Å². The van der Waals surface area contributed by atoms with Crippen LogP contribution in [0.1, 0.15) is 104 Å². The second-order valence-corrected chi connectivity index (χ2v) is 10.2. The third-order valence-corrected chi connectivity index (χ3v) is 6.85. The predicted octanol–water partition coefficient (Wildman–Crippen LogP) is 2.71. The molecule has 9 nitrogen and oxygen atoms in total. The fraction of sp³-hybridized carbons (Fsp3) is 0.893. The summed E-state index contributed by atoms with van der Waals surface area (Å²) in [6.07, 6.45) is 10.0. The molecule has 0 spiro atoms.